The Bertz CT molecular complexity index is 175. The van der Waals surface area contributed by atoms with Gasteiger partial charge < -0.3 is 10.4 Å². The topological polar surface area (TPSA) is 49.3 Å². The molecule has 76 valence electrons. The van der Waals surface area contributed by atoms with Crippen molar-refractivity contribution in [1.29, 1.82) is 0 Å². The Balaban J connectivity index is 2.40. The molecule has 0 bridgehead atoms. The minimum Gasteiger partial charge on any atom is -0.396 e. The summed E-state index contributed by atoms with van der Waals surface area (Å²) in [6, 6.07) is 0.184. The number of carbonyl (C=O) groups excluding carboxylic acids is 1. The fourth-order valence-electron chi connectivity index (χ4n) is 1.86. The first-order valence-electron chi connectivity index (χ1n) is 4.74. The van der Waals surface area contributed by atoms with Crippen LogP contribution in [0.15, 0.2) is 0 Å². The number of carbonyl (C=O) groups is 1. The molecule has 3 nitrogen and oxygen atoms in total. The van der Waals surface area contributed by atoms with Gasteiger partial charge in [-0.1, -0.05) is 28.8 Å². The van der Waals surface area contributed by atoms with Gasteiger partial charge in [0.15, 0.2) is 0 Å². The highest BCUT2D eigenvalue weighted by molar-refractivity contribution is 9.09. The van der Waals surface area contributed by atoms with E-state index in [1.807, 2.05) is 0 Å². The zero-order valence-electron chi connectivity index (χ0n) is 7.63. The number of rotatable bonds is 3. The first kappa shape index (κ1) is 11.0. The highest BCUT2D eigenvalue weighted by Gasteiger charge is 2.25. The van der Waals surface area contributed by atoms with E-state index >= 15 is 0 Å². The molecule has 0 aromatic carbocycles. The minimum absolute atomic E-state index is 0.0188. The first-order valence-corrected chi connectivity index (χ1v) is 5.86. The molecule has 2 atom stereocenters. The van der Waals surface area contributed by atoms with Crippen LogP contribution in [0.2, 0.25) is 0 Å². The quantitative estimate of drug-likeness (QED) is 0.735. The summed E-state index contributed by atoms with van der Waals surface area (Å²) in [7, 11) is 0. The van der Waals surface area contributed by atoms with Gasteiger partial charge in [-0.2, -0.15) is 0 Å². The van der Waals surface area contributed by atoms with E-state index in [1.54, 1.807) is 0 Å². The Morgan fingerprint density at radius 3 is 2.77 bits per heavy atom. The van der Waals surface area contributed by atoms with E-state index in [4.69, 9.17) is 5.11 Å². The smallest absolute Gasteiger partial charge is 0.230 e. The van der Waals surface area contributed by atoms with Crippen LogP contribution in [0.5, 0.6) is 0 Å². The molecule has 0 aromatic heterocycles. The van der Waals surface area contributed by atoms with Crippen molar-refractivity contribution >= 4 is 21.8 Å². The summed E-state index contributed by atoms with van der Waals surface area (Å²) < 4.78 is 0. The van der Waals surface area contributed by atoms with E-state index in [1.165, 1.54) is 6.42 Å². The summed E-state index contributed by atoms with van der Waals surface area (Å²) in [4.78, 5) is 11.1. The average molecular weight is 250 g/mol. The number of aliphatic hydroxyl groups is 1. The largest absolute Gasteiger partial charge is 0.396 e. The van der Waals surface area contributed by atoms with Gasteiger partial charge in [0.05, 0.1) is 5.33 Å². The molecular weight excluding hydrogens is 234 g/mol. The standard InChI is InChI=1S/C9H16BrNO2/c10-5-9(13)11-8-4-2-1-3-7(8)6-12/h7-8,12H,1-6H2,(H,11,13). The second kappa shape index (κ2) is 5.60. The van der Waals surface area contributed by atoms with E-state index in [2.05, 4.69) is 21.2 Å². The predicted molar refractivity (Wildman–Crippen MR) is 54.8 cm³/mol. The molecule has 0 aliphatic heterocycles. The molecule has 2 N–H and O–H groups in total. The second-order valence-electron chi connectivity index (χ2n) is 3.53. The third-order valence-corrected chi connectivity index (χ3v) is 3.12. The molecule has 0 heterocycles. The van der Waals surface area contributed by atoms with Crippen molar-refractivity contribution in [3.05, 3.63) is 0 Å². The number of hydrogen-bond acceptors (Lipinski definition) is 2. The Morgan fingerprint density at radius 2 is 2.15 bits per heavy atom. The summed E-state index contributed by atoms with van der Waals surface area (Å²) in [6.07, 6.45) is 4.36. The summed E-state index contributed by atoms with van der Waals surface area (Å²) in [5.74, 6) is 0.280. The lowest BCUT2D eigenvalue weighted by Crippen LogP contribution is -2.43. The number of halogens is 1. The Kier molecular flexibility index (Phi) is 4.73. The average Bonchev–Trinajstić information content (AvgIpc) is 2.18. The van der Waals surface area contributed by atoms with Gasteiger partial charge in [0.25, 0.3) is 0 Å². The minimum atomic E-state index is 0.0188. The van der Waals surface area contributed by atoms with Gasteiger partial charge in [-0.15, -0.1) is 0 Å². The second-order valence-corrected chi connectivity index (χ2v) is 4.10. The van der Waals surface area contributed by atoms with Gasteiger partial charge in [-0.3, -0.25) is 4.79 Å². The molecule has 2 unspecified atom stereocenters. The number of nitrogens with one attached hydrogen (secondary N) is 1. The van der Waals surface area contributed by atoms with Crippen LogP contribution in [0.3, 0.4) is 0 Å². The number of hydrogen-bond donors (Lipinski definition) is 2. The molecule has 0 saturated heterocycles. The molecule has 1 amide bonds. The van der Waals surface area contributed by atoms with Crippen molar-refractivity contribution in [2.75, 3.05) is 11.9 Å². The van der Waals surface area contributed by atoms with E-state index < -0.39 is 0 Å². The Labute approximate surface area is 87.0 Å². The highest BCUT2D eigenvalue weighted by atomic mass is 79.9. The predicted octanol–water partition coefficient (Wildman–Crippen LogP) is 1.05. The van der Waals surface area contributed by atoms with Crippen molar-refractivity contribution in [3.63, 3.8) is 0 Å². The summed E-state index contributed by atoms with van der Waals surface area (Å²) in [5, 5.41) is 12.4. The zero-order valence-corrected chi connectivity index (χ0v) is 9.22. The van der Waals surface area contributed by atoms with Gasteiger partial charge in [0.2, 0.25) is 5.91 Å². The Hall–Kier alpha value is -0.0900. The van der Waals surface area contributed by atoms with Crippen LogP contribution in [-0.4, -0.2) is 29.0 Å². The molecule has 1 rings (SSSR count). The number of amides is 1. The molecule has 0 spiro atoms. The van der Waals surface area contributed by atoms with E-state index in [-0.39, 0.29) is 24.5 Å². The molecule has 13 heavy (non-hydrogen) atoms. The van der Waals surface area contributed by atoms with Crippen LogP contribution >= 0.6 is 15.9 Å². The van der Waals surface area contributed by atoms with Gasteiger partial charge >= 0.3 is 0 Å². The fourth-order valence-corrected chi connectivity index (χ4v) is 2.02. The summed E-state index contributed by atoms with van der Waals surface area (Å²) in [5.41, 5.74) is 0. The van der Waals surface area contributed by atoms with Crippen molar-refractivity contribution in [2.45, 2.75) is 31.7 Å². The van der Waals surface area contributed by atoms with Gasteiger partial charge in [-0.25, -0.2) is 0 Å². The highest BCUT2D eigenvalue weighted by Crippen LogP contribution is 2.23. The van der Waals surface area contributed by atoms with Crippen molar-refractivity contribution in [1.82, 2.24) is 5.32 Å². The maximum Gasteiger partial charge on any atom is 0.230 e. The van der Waals surface area contributed by atoms with Gasteiger partial charge in [0, 0.05) is 18.6 Å². The van der Waals surface area contributed by atoms with Crippen molar-refractivity contribution < 1.29 is 9.90 Å². The van der Waals surface area contributed by atoms with E-state index in [0.29, 0.717) is 5.33 Å². The Morgan fingerprint density at radius 1 is 1.46 bits per heavy atom. The fraction of sp³-hybridized carbons (Fsp3) is 0.889. The molecule has 0 radical (unpaired) electrons. The zero-order chi connectivity index (χ0) is 9.68. The summed E-state index contributed by atoms with van der Waals surface area (Å²) in [6.45, 7) is 0.188. The van der Waals surface area contributed by atoms with Crippen LogP contribution in [0.4, 0.5) is 0 Å². The lowest BCUT2D eigenvalue weighted by molar-refractivity contribution is -0.119. The van der Waals surface area contributed by atoms with Crippen LogP contribution < -0.4 is 5.32 Å². The maximum absolute atomic E-state index is 11.1. The normalized spacial score (nSPS) is 28.5. The number of alkyl halides is 1. The maximum atomic E-state index is 11.1. The lowest BCUT2D eigenvalue weighted by Gasteiger charge is -2.30. The van der Waals surface area contributed by atoms with E-state index in [9.17, 15) is 4.79 Å². The molecule has 1 fully saturated rings. The SMILES string of the molecule is O=C(CBr)NC1CCCCC1CO. The molecule has 1 aliphatic carbocycles. The van der Waals surface area contributed by atoms with Crippen molar-refractivity contribution in [3.8, 4) is 0 Å². The monoisotopic (exact) mass is 249 g/mol. The van der Waals surface area contributed by atoms with Gasteiger partial charge in [0.1, 0.15) is 0 Å². The molecule has 4 heteroatoms. The van der Waals surface area contributed by atoms with E-state index in [0.717, 1.165) is 19.3 Å². The van der Waals surface area contributed by atoms with Crippen LogP contribution in [0.1, 0.15) is 25.7 Å². The molecular formula is C9H16BrNO2. The third-order valence-electron chi connectivity index (χ3n) is 2.61. The van der Waals surface area contributed by atoms with Crippen LogP contribution in [0, 0.1) is 5.92 Å². The van der Waals surface area contributed by atoms with Crippen LogP contribution in [-0.2, 0) is 4.79 Å². The number of aliphatic hydroxyl groups excluding tert-OH is 1. The van der Waals surface area contributed by atoms with Crippen molar-refractivity contribution in [2.24, 2.45) is 5.92 Å². The molecule has 0 aromatic rings. The lowest BCUT2D eigenvalue weighted by atomic mass is 9.85. The van der Waals surface area contributed by atoms with Gasteiger partial charge in [-0.05, 0) is 12.8 Å². The first-order chi connectivity index (χ1) is 6.27. The third kappa shape index (κ3) is 3.27. The molecule has 1 saturated carbocycles. The summed E-state index contributed by atoms with van der Waals surface area (Å²) >= 11 is 3.11. The molecule has 1 aliphatic rings. The van der Waals surface area contributed by atoms with Crippen LogP contribution in [0.25, 0.3) is 0 Å².